The van der Waals surface area contributed by atoms with Gasteiger partial charge in [0.25, 0.3) is 0 Å². The lowest BCUT2D eigenvalue weighted by molar-refractivity contribution is -0.114. The van der Waals surface area contributed by atoms with Crippen molar-refractivity contribution >= 4 is 11.4 Å². The van der Waals surface area contributed by atoms with E-state index in [-0.39, 0.29) is 11.7 Å². The Bertz CT molecular complexity index is 750. The van der Waals surface area contributed by atoms with Gasteiger partial charge in [0.05, 0.1) is 0 Å². The van der Waals surface area contributed by atoms with Gasteiger partial charge in [0.15, 0.2) is 5.78 Å². The molecule has 1 aromatic carbocycles. The molecule has 1 aromatic rings. The first-order chi connectivity index (χ1) is 9.84. The Labute approximate surface area is 118 Å². The van der Waals surface area contributed by atoms with Gasteiger partial charge in [0.2, 0.25) is 0 Å². The maximum absolute atomic E-state index is 12.3. The van der Waals surface area contributed by atoms with E-state index in [1.54, 1.807) is 0 Å². The van der Waals surface area contributed by atoms with Gasteiger partial charge in [-0.15, -0.1) is 5.73 Å². The van der Waals surface area contributed by atoms with E-state index in [0.717, 1.165) is 28.7 Å². The molecular weight excluding hydrogens is 244 g/mol. The minimum absolute atomic E-state index is 0.170. The summed E-state index contributed by atoms with van der Waals surface area (Å²) in [4.78, 5) is 12.3. The molecular formula is C19H14O. The van der Waals surface area contributed by atoms with Crippen LogP contribution < -0.4 is 0 Å². The van der Waals surface area contributed by atoms with Crippen LogP contribution in [-0.2, 0) is 4.79 Å². The molecule has 3 aliphatic rings. The predicted octanol–water partition coefficient (Wildman–Crippen LogP) is 4.01. The van der Waals surface area contributed by atoms with E-state index < -0.39 is 0 Å². The molecule has 1 unspecified atom stereocenters. The monoisotopic (exact) mass is 258 g/mol. The SMILES string of the molecule is O=C1CCC2=C=C3C=CC=CC3C(c3ccccc3)=C12. The van der Waals surface area contributed by atoms with Gasteiger partial charge in [-0.05, 0) is 17.6 Å². The number of hydrogen-bond donors (Lipinski definition) is 0. The van der Waals surface area contributed by atoms with Crippen molar-refractivity contribution in [1.82, 2.24) is 0 Å². The van der Waals surface area contributed by atoms with E-state index in [9.17, 15) is 4.79 Å². The summed E-state index contributed by atoms with van der Waals surface area (Å²) in [6, 6.07) is 10.3. The van der Waals surface area contributed by atoms with Crippen LogP contribution in [0.25, 0.3) is 5.57 Å². The molecule has 0 N–H and O–H groups in total. The molecule has 0 aromatic heterocycles. The Morgan fingerprint density at radius 3 is 2.75 bits per heavy atom. The molecule has 96 valence electrons. The quantitative estimate of drug-likeness (QED) is 0.695. The van der Waals surface area contributed by atoms with Crippen molar-refractivity contribution in [3.63, 3.8) is 0 Å². The van der Waals surface area contributed by atoms with Crippen LogP contribution in [0, 0.1) is 5.92 Å². The molecule has 4 rings (SSSR count). The van der Waals surface area contributed by atoms with Crippen LogP contribution in [0.5, 0.6) is 0 Å². The Morgan fingerprint density at radius 1 is 1.05 bits per heavy atom. The molecule has 1 atom stereocenters. The number of hydrogen-bond acceptors (Lipinski definition) is 1. The highest BCUT2D eigenvalue weighted by molar-refractivity contribution is 6.10. The standard InChI is InChI=1S/C19H14O/c20-17-11-10-15-12-14-8-4-5-9-16(14)18(19(15)17)13-6-2-1-3-7-13/h1-9,16H,10-11H2. The number of Topliss-reactive ketones (excluding diaryl/α,β-unsaturated/α-hetero) is 1. The van der Waals surface area contributed by atoms with Crippen LogP contribution in [0.3, 0.4) is 0 Å². The fourth-order valence-electron chi connectivity index (χ4n) is 3.28. The molecule has 0 radical (unpaired) electrons. The molecule has 3 aliphatic carbocycles. The van der Waals surface area contributed by atoms with E-state index in [1.807, 2.05) is 24.3 Å². The first-order valence-corrected chi connectivity index (χ1v) is 7.02. The largest absolute Gasteiger partial charge is 0.294 e. The van der Waals surface area contributed by atoms with Crippen LogP contribution in [0.1, 0.15) is 18.4 Å². The maximum atomic E-state index is 12.3. The highest BCUT2D eigenvalue weighted by Gasteiger charge is 2.33. The number of ketones is 1. The lowest BCUT2D eigenvalue weighted by atomic mass is 9.77. The number of carbonyl (C=O) groups excluding carboxylic acids is 1. The second-order valence-electron chi connectivity index (χ2n) is 5.36. The lowest BCUT2D eigenvalue weighted by Gasteiger charge is -2.25. The third-order valence-corrected chi connectivity index (χ3v) is 4.17. The van der Waals surface area contributed by atoms with Gasteiger partial charge in [0.1, 0.15) is 0 Å². The van der Waals surface area contributed by atoms with E-state index in [1.165, 1.54) is 5.57 Å². The van der Waals surface area contributed by atoms with Crippen LogP contribution in [0.2, 0.25) is 0 Å². The number of allylic oxidation sites excluding steroid dienone is 7. The molecule has 1 heteroatoms. The van der Waals surface area contributed by atoms with E-state index in [2.05, 4.69) is 36.1 Å². The van der Waals surface area contributed by atoms with Gasteiger partial charge < -0.3 is 0 Å². The van der Waals surface area contributed by atoms with Crippen molar-refractivity contribution in [3.05, 3.63) is 82.6 Å². The van der Waals surface area contributed by atoms with Gasteiger partial charge in [-0.2, -0.15) is 0 Å². The summed E-state index contributed by atoms with van der Waals surface area (Å²) in [6.45, 7) is 0. The van der Waals surface area contributed by atoms with E-state index in [0.29, 0.717) is 6.42 Å². The molecule has 20 heavy (non-hydrogen) atoms. The summed E-state index contributed by atoms with van der Waals surface area (Å²) in [5.41, 5.74) is 8.98. The molecule has 1 nitrogen and oxygen atoms in total. The van der Waals surface area contributed by atoms with Crippen LogP contribution >= 0.6 is 0 Å². The third-order valence-electron chi connectivity index (χ3n) is 4.17. The molecule has 0 amide bonds. The zero-order valence-electron chi connectivity index (χ0n) is 11.1. The molecule has 0 spiro atoms. The molecule has 0 heterocycles. The minimum Gasteiger partial charge on any atom is -0.294 e. The maximum Gasteiger partial charge on any atom is 0.164 e. The topological polar surface area (TPSA) is 17.1 Å². The third kappa shape index (κ3) is 1.61. The Balaban J connectivity index is 2.02. The van der Waals surface area contributed by atoms with Gasteiger partial charge in [-0.25, -0.2) is 0 Å². The predicted molar refractivity (Wildman–Crippen MR) is 79.9 cm³/mol. The van der Waals surface area contributed by atoms with Crippen LogP contribution in [0.4, 0.5) is 0 Å². The minimum atomic E-state index is 0.170. The number of carbonyl (C=O) groups is 1. The van der Waals surface area contributed by atoms with Gasteiger partial charge >= 0.3 is 0 Å². The summed E-state index contributed by atoms with van der Waals surface area (Å²) in [6.07, 6.45) is 9.84. The molecule has 1 fully saturated rings. The lowest BCUT2D eigenvalue weighted by Crippen LogP contribution is -2.13. The van der Waals surface area contributed by atoms with E-state index >= 15 is 0 Å². The zero-order chi connectivity index (χ0) is 13.5. The molecule has 1 saturated carbocycles. The number of benzene rings is 1. The Kier molecular flexibility index (Phi) is 2.48. The molecule has 0 bridgehead atoms. The first-order valence-electron chi connectivity index (χ1n) is 7.02. The van der Waals surface area contributed by atoms with E-state index in [4.69, 9.17) is 0 Å². The fourth-order valence-corrected chi connectivity index (χ4v) is 3.28. The molecule has 0 saturated heterocycles. The smallest absolute Gasteiger partial charge is 0.164 e. The van der Waals surface area contributed by atoms with Crippen molar-refractivity contribution in [2.45, 2.75) is 12.8 Å². The zero-order valence-corrected chi connectivity index (χ0v) is 11.1. The second-order valence-corrected chi connectivity index (χ2v) is 5.36. The highest BCUT2D eigenvalue weighted by atomic mass is 16.1. The van der Waals surface area contributed by atoms with Crippen molar-refractivity contribution in [2.24, 2.45) is 5.92 Å². The van der Waals surface area contributed by atoms with Crippen LogP contribution in [0.15, 0.2) is 77.1 Å². The summed E-state index contributed by atoms with van der Waals surface area (Å²) in [5.74, 6) is 0.441. The van der Waals surface area contributed by atoms with Gasteiger partial charge in [0, 0.05) is 29.1 Å². The average Bonchev–Trinajstić information content (AvgIpc) is 2.87. The summed E-state index contributed by atoms with van der Waals surface area (Å²) in [5, 5.41) is 0. The highest BCUT2D eigenvalue weighted by Crippen LogP contribution is 2.44. The van der Waals surface area contributed by atoms with Crippen molar-refractivity contribution < 1.29 is 4.79 Å². The number of rotatable bonds is 1. The summed E-state index contributed by atoms with van der Waals surface area (Å²) >= 11 is 0. The van der Waals surface area contributed by atoms with Gasteiger partial charge in [-0.1, -0.05) is 54.6 Å². The summed E-state index contributed by atoms with van der Waals surface area (Å²) < 4.78 is 0. The normalized spacial score (nSPS) is 23.4. The Morgan fingerprint density at radius 2 is 1.90 bits per heavy atom. The number of fused-ring (bicyclic) bond motifs is 2. The van der Waals surface area contributed by atoms with Gasteiger partial charge in [-0.3, -0.25) is 4.79 Å². The second kappa shape index (κ2) is 4.33. The average molecular weight is 258 g/mol. The first kappa shape index (κ1) is 11.5. The molecule has 0 aliphatic heterocycles. The Hall–Kier alpha value is -2.37. The van der Waals surface area contributed by atoms with Crippen LogP contribution in [-0.4, -0.2) is 5.78 Å². The van der Waals surface area contributed by atoms with Crippen molar-refractivity contribution in [2.75, 3.05) is 0 Å². The van der Waals surface area contributed by atoms with Crippen molar-refractivity contribution in [3.8, 4) is 0 Å². The summed E-state index contributed by atoms with van der Waals surface area (Å²) in [7, 11) is 0. The van der Waals surface area contributed by atoms with Crippen molar-refractivity contribution in [1.29, 1.82) is 0 Å². The fraction of sp³-hybridized carbons (Fsp3) is 0.158.